The Morgan fingerprint density at radius 3 is 2.53 bits per heavy atom. The van der Waals surface area contributed by atoms with Gasteiger partial charge in [0.05, 0.1) is 6.61 Å². The highest BCUT2D eigenvalue weighted by molar-refractivity contribution is 5.38. The smallest absolute Gasteiger partial charge is 0.119 e. The largest absolute Gasteiger partial charge is 0.494 e. The van der Waals surface area contributed by atoms with Crippen molar-refractivity contribution in [1.82, 2.24) is 0 Å². The van der Waals surface area contributed by atoms with Gasteiger partial charge in [0, 0.05) is 5.92 Å². The highest BCUT2D eigenvalue weighted by Crippen LogP contribution is 2.25. The third-order valence-corrected chi connectivity index (χ3v) is 3.29. The topological polar surface area (TPSA) is 9.23 Å². The van der Waals surface area contributed by atoms with Crippen LogP contribution in [0.1, 0.15) is 56.6 Å². The van der Waals surface area contributed by atoms with E-state index in [0.29, 0.717) is 0 Å². The molecule has 0 amide bonds. The molecule has 0 bridgehead atoms. The molecule has 0 fully saturated rings. The zero-order chi connectivity index (χ0) is 14.1. The summed E-state index contributed by atoms with van der Waals surface area (Å²) >= 11 is 0. The zero-order valence-electron chi connectivity index (χ0n) is 12.5. The summed E-state index contributed by atoms with van der Waals surface area (Å²) in [5.74, 6) is 1.11. The number of ether oxygens (including phenoxy) is 1. The van der Waals surface area contributed by atoms with Gasteiger partial charge in [-0.25, -0.2) is 0 Å². The number of allylic oxidation sites excluding steroid dienone is 1. The number of unbranched alkanes of at least 4 members (excludes halogenated alkanes) is 2. The second-order valence-corrected chi connectivity index (χ2v) is 5.06. The van der Waals surface area contributed by atoms with Crippen LogP contribution in [0.25, 0.3) is 0 Å². The van der Waals surface area contributed by atoms with Crippen molar-refractivity contribution in [3.63, 3.8) is 0 Å². The Bertz CT molecular complexity index is 381. The van der Waals surface area contributed by atoms with Crippen molar-refractivity contribution >= 4 is 0 Å². The molecule has 105 valence electrons. The lowest BCUT2D eigenvalue weighted by atomic mass is 9.97. The summed E-state index contributed by atoms with van der Waals surface area (Å²) in [4.78, 5) is 0. The first kappa shape index (κ1) is 15.8. The van der Waals surface area contributed by atoms with Crippen molar-refractivity contribution in [2.75, 3.05) is 6.61 Å². The Morgan fingerprint density at radius 2 is 1.89 bits per heavy atom. The summed E-state index contributed by atoms with van der Waals surface area (Å²) in [7, 11) is 0. The van der Waals surface area contributed by atoms with Crippen molar-refractivity contribution in [1.29, 1.82) is 0 Å². The second kappa shape index (κ2) is 8.79. The number of benzene rings is 1. The van der Waals surface area contributed by atoms with Gasteiger partial charge in [0.15, 0.2) is 0 Å². The summed E-state index contributed by atoms with van der Waals surface area (Å²) in [6.07, 6.45) is 7.68. The van der Waals surface area contributed by atoms with Crippen LogP contribution in [0, 0.1) is 6.92 Å². The summed E-state index contributed by atoms with van der Waals surface area (Å²) in [6.45, 7) is 13.1. The van der Waals surface area contributed by atoms with Gasteiger partial charge in [-0.1, -0.05) is 38.8 Å². The molecule has 0 aliphatic rings. The minimum Gasteiger partial charge on any atom is -0.494 e. The van der Waals surface area contributed by atoms with Gasteiger partial charge in [0.25, 0.3) is 0 Å². The van der Waals surface area contributed by atoms with Crippen LogP contribution in [0.3, 0.4) is 0 Å². The lowest BCUT2D eigenvalue weighted by Gasteiger charge is -2.13. The van der Waals surface area contributed by atoms with Crippen molar-refractivity contribution < 1.29 is 4.74 Å². The van der Waals surface area contributed by atoms with Crippen LogP contribution in [0.15, 0.2) is 30.9 Å². The molecular weight excluding hydrogens is 232 g/mol. The lowest BCUT2D eigenvalue weighted by molar-refractivity contribution is 0.309. The van der Waals surface area contributed by atoms with Crippen molar-refractivity contribution in [3.05, 3.63) is 48.9 Å². The van der Waals surface area contributed by atoms with Gasteiger partial charge in [-0.3, -0.25) is 0 Å². The molecule has 0 spiro atoms. The Hall–Kier alpha value is -1.24. The maximum Gasteiger partial charge on any atom is 0.119 e. The Morgan fingerprint density at radius 1 is 1.16 bits per heavy atom. The Balaban J connectivity index is 2.85. The summed E-state index contributed by atoms with van der Waals surface area (Å²) in [5.41, 5.74) is 2.55. The molecule has 0 saturated heterocycles. The maximum atomic E-state index is 5.84. The summed E-state index contributed by atoms with van der Waals surface area (Å²) in [6, 6.07) is 6.51. The van der Waals surface area contributed by atoms with Gasteiger partial charge in [0.2, 0.25) is 0 Å². The number of hydrogen-bond donors (Lipinski definition) is 0. The first-order valence-corrected chi connectivity index (χ1v) is 7.43. The normalized spacial score (nSPS) is 12.2. The van der Waals surface area contributed by atoms with Crippen LogP contribution in [-0.4, -0.2) is 6.61 Å². The van der Waals surface area contributed by atoms with Crippen molar-refractivity contribution in [3.8, 4) is 5.75 Å². The summed E-state index contributed by atoms with van der Waals surface area (Å²) < 4.78 is 5.84. The fourth-order valence-electron chi connectivity index (χ4n) is 1.98. The van der Waals surface area contributed by atoms with E-state index in [1.165, 1.54) is 24.0 Å². The maximum absolute atomic E-state index is 5.84. The number of aryl methyl sites for hydroxylation is 1. The van der Waals surface area contributed by atoms with E-state index in [0.717, 1.165) is 31.6 Å². The first-order chi connectivity index (χ1) is 9.21. The third-order valence-electron chi connectivity index (χ3n) is 3.29. The monoisotopic (exact) mass is 259 g/mol. The van der Waals surface area contributed by atoms with Gasteiger partial charge in [0.1, 0.15) is 5.75 Å². The van der Waals surface area contributed by atoms with E-state index in [2.05, 4.69) is 45.5 Å². The first-order valence-electron chi connectivity index (χ1n) is 7.43. The van der Waals surface area contributed by atoms with Gasteiger partial charge < -0.3 is 4.74 Å². The van der Waals surface area contributed by atoms with Gasteiger partial charge in [-0.2, -0.15) is 0 Å². The molecule has 0 N–H and O–H groups in total. The standard InChI is InChI=1S/C18H27O/c1-5-8-10-16-12-17(15(4)7-3)14-18(13-16)19-11-9-6-2/h7,12-15H,3-6,8-11H2,1-2H3. The molecule has 19 heavy (non-hydrogen) atoms. The lowest BCUT2D eigenvalue weighted by Crippen LogP contribution is -2.00. The van der Waals surface area contributed by atoms with Crippen molar-refractivity contribution in [2.24, 2.45) is 0 Å². The molecule has 1 unspecified atom stereocenters. The third kappa shape index (κ3) is 5.50. The zero-order valence-corrected chi connectivity index (χ0v) is 12.5. The molecule has 0 aliphatic heterocycles. The average Bonchev–Trinajstić information content (AvgIpc) is 2.44. The van der Waals surface area contributed by atoms with Crippen LogP contribution in [-0.2, 0) is 6.42 Å². The predicted octanol–water partition coefficient (Wildman–Crippen LogP) is 5.31. The van der Waals surface area contributed by atoms with Crippen LogP contribution >= 0.6 is 0 Å². The highest BCUT2D eigenvalue weighted by atomic mass is 16.5. The minimum absolute atomic E-state index is 0.134. The Labute approximate surface area is 118 Å². The molecule has 1 nitrogen and oxygen atoms in total. The van der Waals surface area contributed by atoms with Crippen molar-refractivity contribution in [2.45, 2.75) is 51.9 Å². The van der Waals surface area contributed by atoms with Crippen LogP contribution in [0.2, 0.25) is 0 Å². The molecule has 0 aromatic heterocycles. The molecule has 0 aliphatic carbocycles. The van der Waals surface area contributed by atoms with E-state index in [1.54, 1.807) is 0 Å². The fourth-order valence-corrected chi connectivity index (χ4v) is 1.98. The fraction of sp³-hybridized carbons (Fsp3) is 0.500. The molecule has 1 atom stereocenters. The molecule has 1 radical (unpaired) electrons. The van der Waals surface area contributed by atoms with E-state index in [1.807, 2.05) is 6.08 Å². The number of hydrogen-bond acceptors (Lipinski definition) is 1. The van der Waals surface area contributed by atoms with E-state index in [9.17, 15) is 0 Å². The van der Waals surface area contributed by atoms with Gasteiger partial charge in [-0.05, 0) is 49.4 Å². The van der Waals surface area contributed by atoms with Crippen LogP contribution in [0.4, 0.5) is 0 Å². The molecule has 0 saturated carbocycles. The van der Waals surface area contributed by atoms with Crippen LogP contribution in [0.5, 0.6) is 5.75 Å². The summed E-state index contributed by atoms with van der Waals surface area (Å²) in [5, 5.41) is 0. The second-order valence-electron chi connectivity index (χ2n) is 5.06. The molecular formula is C18H27O. The van der Waals surface area contributed by atoms with Crippen LogP contribution < -0.4 is 4.74 Å². The molecule has 1 heteroatoms. The minimum atomic E-state index is 0.134. The molecule has 1 aromatic carbocycles. The van der Waals surface area contributed by atoms with E-state index >= 15 is 0 Å². The molecule has 1 rings (SSSR count). The van der Waals surface area contributed by atoms with E-state index < -0.39 is 0 Å². The molecule has 0 heterocycles. The van der Waals surface area contributed by atoms with Gasteiger partial charge in [-0.15, -0.1) is 6.58 Å². The van der Waals surface area contributed by atoms with Gasteiger partial charge >= 0.3 is 0 Å². The number of rotatable bonds is 9. The SMILES string of the molecule is [CH2]C(C=C)c1cc(CCCC)cc(OCCCC)c1. The van der Waals surface area contributed by atoms with E-state index in [-0.39, 0.29) is 5.92 Å². The average molecular weight is 259 g/mol. The predicted molar refractivity (Wildman–Crippen MR) is 83.8 cm³/mol. The quantitative estimate of drug-likeness (QED) is 0.431. The highest BCUT2D eigenvalue weighted by Gasteiger charge is 2.06. The van der Waals surface area contributed by atoms with E-state index in [4.69, 9.17) is 4.74 Å². The Kier molecular flexibility index (Phi) is 7.32. The molecule has 1 aromatic rings.